The van der Waals surface area contributed by atoms with E-state index in [9.17, 15) is 4.79 Å². The minimum Gasteiger partial charge on any atom is -0.495 e. The van der Waals surface area contributed by atoms with Crippen LogP contribution in [0.1, 0.15) is 5.56 Å². The molecule has 1 aliphatic rings. The number of ether oxygens (including phenoxy) is 2. The summed E-state index contributed by atoms with van der Waals surface area (Å²) in [6.45, 7) is 3.15. The second-order valence-corrected chi connectivity index (χ2v) is 5.69. The molecule has 5 heteroatoms. The van der Waals surface area contributed by atoms with E-state index in [4.69, 9.17) is 9.47 Å². The van der Waals surface area contributed by atoms with Crippen LogP contribution in [-0.2, 0) is 16.0 Å². The molecule has 3 rings (SSSR count). The lowest BCUT2D eigenvalue weighted by Gasteiger charge is -2.29. The predicted molar refractivity (Wildman–Crippen MR) is 94.8 cm³/mol. The standard InChI is InChI=1S/C19H22N2O3/c1-23-18-8-7-16(21-9-11-24-12-10-21)14-17(18)20-19(22)13-15-5-3-2-4-6-15/h2-8,14H,9-13H2,1H3,(H,20,22). The number of morpholine rings is 1. The van der Waals surface area contributed by atoms with E-state index in [1.807, 2.05) is 48.5 Å². The Morgan fingerprint density at radius 3 is 2.62 bits per heavy atom. The monoisotopic (exact) mass is 326 g/mol. The Kier molecular flexibility index (Phi) is 5.33. The minimum absolute atomic E-state index is 0.0568. The smallest absolute Gasteiger partial charge is 0.228 e. The molecule has 0 radical (unpaired) electrons. The Bertz CT molecular complexity index is 682. The Hall–Kier alpha value is -2.53. The third kappa shape index (κ3) is 4.06. The topological polar surface area (TPSA) is 50.8 Å². The number of carbonyl (C=O) groups is 1. The molecule has 0 aromatic heterocycles. The van der Waals surface area contributed by atoms with Gasteiger partial charge in [0, 0.05) is 18.8 Å². The lowest BCUT2D eigenvalue weighted by Crippen LogP contribution is -2.36. The van der Waals surface area contributed by atoms with Crippen molar-refractivity contribution in [3.63, 3.8) is 0 Å². The highest BCUT2D eigenvalue weighted by molar-refractivity contribution is 5.94. The van der Waals surface area contributed by atoms with Crippen LogP contribution in [0.25, 0.3) is 0 Å². The molecule has 0 aliphatic carbocycles. The maximum absolute atomic E-state index is 12.3. The summed E-state index contributed by atoms with van der Waals surface area (Å²) in [6, 6.07) is 15.6. The highest BCUT2D eigenvalue weighted by Crippen LogP contribution is 2.30. The van der Waals surface area contributed by atoms with Crippen molar-refractivity contribution in [2.24, 2.45) is 0 Å². The number of amides is 1. The number of nitrogens with one attached hydrogen (secondary N) is 1. The van der Waals surface area contributed by atoms with Crippen LogP contribution in [0.2, 0.25) is 0 Å². The third-order valence-electron chi connectivity index (χ3n) is 4.04. The Morgan fingerprint density at radius 2 is 1.92 bits per heavy atom. The van der Waals surface area contributed by atoms with Crippen LogP contribution >= 0.6 is 0 Å². The molecule has 1 heterocycles. The maximum Gasteiger partial charge on any atom is 0.228 e. The van der Waals surface area contributed by atoms with Crippen molar-refractivity contribution in [2.45, 2.75) is 6.42 Å². The van der Waals surface area contributed by atoms with Gasteiger partial charge in [0.15, 0.2) is 0 Å². The summed E-state index contributed by atoms with van der Waals surface area (Å²) >= 11 is 0. The van der Waals surface area contributed by atoms with Gasteiger partial charge >= 0.3 is 0 Å². The summed E-state index contributed by atoms with van der Waals surface area (Å²) in [7, 11) is 1.61. The van der Waals surface area contributed by atoms with Crippen LogP contribution in [0.5, 0.6) is 5.75 Å². The van der Waals surface area contributed by atoms with Gasteiger partial charge in [0.05, 0.1) is 32.4 Å². The number of benzene rings is 2. The highest BCUT2D eigenvalue weighted by Gasteiger charge is 2.15. The maximum atomic E-state index is 12.3. The quantitative estimate of drug-likeness (QED) is 0.918. The van der Waals surface area contributed by atoms with Crippen LogP contribution in [0.4, 0.5) is 11.4 Å². The van der Waals surface area contributed by atoms with Gasteiger partial charge in [0.25, 0.3) is 0 Å². The fraction of sp³-hybridized carbons (Fsp3) is 0.316. The second kappa shape index (κ2) is 7.84. The highest BCUT2D eigenvalue weighted by atomic mass is 16.5. The van der Waals surface area contributed by atoms with Gasteiger partial charge in [-0.15, -0.1) is 0 Å². The number of carbonyl (C=O) groups excluding carboxylic acids is 1. The SMILES string of the molecule is COc1ccc(N2CCOCC2)cc1NC(=O)Cc1ccccc1. The molecule has 0 spiro atoms. The number of nitrogens with zero attached hydrogens (tertiary/aromatic N) is 1. The molecule has 1 aliphatic heterocycles. The zero-order valence-corrected chi connectivity index (χ0v) is 13.8. The zero-order chi connectivity index (χ0) is 16.8. The van der Waals surface area contributed by atoms with E-state index >= 15 is 0 Å². The minimum atomic E-state index is -0.0568. The zero-order valence-electron chi connectivity index (χ0n) is 13.8. The molecule has 0 saturated carbocycles. The summed E-state index contributed by atoms with van der Waals surface area (Å²) in [5.41, 5.74) is 2.75. The summed E-state index contributed by atoms with van der Waals surface area (Å²) in [5, 5.41) is 2.97. The average molecular weight is 326 g/mol. The van der Waals surface area contributed by atoms with Crippen LogP contribution in [0.3, 0.4) is 0 Å². The van der Waals surface area contributed by atoms with Crippen molar-refractivity contribution >= 4 is 17.3 Å². The Labute approximate surface area is 142 Å². The van der Waals surface area contributed by atoms with Gasteiger partial charge in [-0.1, -0.05) is 30.3 Å². The van der Waals surface area contributed by atoms with Crippen molar-refractivity contribution in [3.8, 4) is 5.75 Å². The molecule has 0 unspecified atom stereocenters. The molecule has 0 bridgehead atoms. The summed E-state index contributed by atoms with van der Waals surface area (Å²) in [4.78, 5) is 14.6. The van der Waals surface area contributed by atoms with E-state index in [-0.39, 0.29) is 5.91 Å². The fourth-order valence-corrected chi connectivity index (χ4v) is 2.79. The lowest BCUT2D eigenvalue weighted by molar-refractivity contribution is -0.115. The number of hydrogen-bond acceptors (Lipinski definition) is 4. The van der Waals surface area contributed by atoms with E-state index in [1.165, 1.54) is 0 Å². The van der Waals surface area contributed by atoms with E-state index in [0.717, 1.165) is 37.6 Å². The molecule has 0 atom stereocenters. The average Bonchev–Trinajstić information content (AvgIpc) is 2.63. The van der Waals surface area contributed by atoms with Crippen molar-refractivity contribution < 1.29 is 14.3 Å². The summed E-state index contributed by atoms with van der Waals surface area (Å²) in [6.07, 6.45) is 0.339. The molecule has 5 nitrogen and oxygen atoms in total. The van der Waals surface area contributed by atoms with Gasteiger partial charge in [-0.2, -0.15) is 0 Å². The molecular formula is C19H22N2O3. The Balaban J connectivity index is 1.74. The van der Waals surface area contributed by atoms with E-state index in [1.54, 1.807) is 7.11 Å². The second-order valence-electron chi connectivity index (χ2n) is 5.69. The predicted octanol–water partition coefficient (Wildman–Crippen LogP) is 2.71. The summed E-state index contributed by atoms with van der Waals surface area (Å²) < 4.78 is 10.8. The molecule has 1 saturated heterocycles. The number of methoxy groups -OCH3 is 1. The molecule has 24 heavy (non-hydrogen) atoms. The van der Waals surface area contributed by atoms with E-state index in [2.05, 4.69) is 10.2 Å². The first-order valence-corrected chi connectivity index (χ1v) is 8.11. The van der Waals surface area contributed by atoms with Crippen LogP contribution in [0.15, 0.2) is 48.5 Å². The van der Waals surface area contributed by atoms with E-state index in [0.29, 0.717) is 17.9 Å². The van der Waals surface area contributed by atoms with Gasteiger partial charge in [0.2, 0.25) is 5.91 Å². The van der Waals surface area contributed by atoms with Crippen LogP contribution < -0.4 is 15.0 Å². The van der Waals surface area contributed by atoms with Crippen molar-refractivity contribution in [3.05, 3.63) is 54.1 Å². The van der Waals surface area contributed by atoms with Crippen molar-refractivity contribution in [1.29, 1.82) is 0 Å². The van der Waals surface area contributed by atoms with Gasteiger partial charge in [0.1, 0.15) is 5.75 Å². The van der Waals surface area contributed by atoms with Crippen LogP contribution in [-0.4, -0.2) is 39.3 Å². The van der Waals surface area contributed by atoms with Gasteiger partial charge in [-0.05, 0) is 23.8 Å². The van der Waals surface area contributed by atoms with Crippen molar-refractivity contribution in [1.82, 2.24) is 0 Å². The molecular weight excluding hydrogens is 304 g/mol. The Morgan fingerprint density at radius 1 is 1.17 bits per heavy atom. The van der Waals surface area contributed by atoms with Gasteiger partial charge in [-0.3, -0.25) is 4.79 Å². The number of anilines is 2. The van der Waals surface area contributed by atoms with Gasteiger partial charge in [-0.25, -0.2) is 0 Å². The first kappa shape index (κ1) is 16.3. The number of rotatable bonds is 5. The fourth-order valence-electron chi connectivity index (χ4n) is 2.79. The van der Waals surface area contributed by atoms with Crippen LogP contribution in [0, 0.1) is 0 Å². The summed E-state index contributed by atoms with van der Waals surface area (Å²) in [5.74, 6) is 0.604. The molecule has 1 amide bonds. The first-order valence-electron chi connectivity index (χ1n) is 8.11. The van der Waals surface area contributed by atoms with Crippen molar-refractivity contribution in [2.75, 3.05) is 43.6 Å². The first-order chi connectivity index (χ1) is 11.8. The molecule has 126 valence electrons. The molecule has 1 N–H and O–H groups in total. The number of hydrogen-bond donors (Lipinski definition) is 1. The largest absolute Gasteiger partial charge is 0.495 e. The lowest BCUT2D eigenvalue weighted by atomic mass is 10.1. The van der Waals surface area contributed by atoms with E-state index < -0.39 is 0 Å². The molecule has 2 aromatic carbocycles. The molecule has 1 fully saturated rings. The normalized spacial score (nSPS) is 14.3. The third-order valence-corrected chi connectivity index (χ3v) is 4.04. The molecule has 2 aromatic rings. The van der Waals surface area contributed by atoms with Gasteiger partial charge < -0.3 is 19.7 Å².